The molecule has 1 unspecified atom stereocenters. The number of nitrogens with one attached hydrogen (secondary N) is 2. The summed E-state index contributed by atoms with van der Waals surface area (Å²) in [5.41, 5.74) is 3.28. The molecule has 8 heteroatoms. The largest absolute Gasteiger partial charge is 0.416 e. The Morgan fingerprint density at radius 2 is 1.81 bits per heavy atom. The summed E-state index contributed by atoms with van der Waals surface area (Å²) >= 11 is 0. The number of hydrogen-bond donors (Lipinski definition) is 2. The zero-order valence-electron chi connectivity index (χ0n) is 17.4. The zero-order chi connectivity index (χ0) is 22.8. The third kappa shape index (κ3) is 5.44. The molecule has 0 saturated heterocycles. The quantitative estimate of drug-likeness (QED) is 0.551. The SMILES string of the molecule is Cc1ccc(CCNC(=O)c2cc(C)[nH]c2S(=O)c2cccc(C(F)(F)F)c2)c(C)c1. The zero-order valence-corrected chi connectivity index (χ0v) is 18.2. The van der Waals surface area contributed by atoms with Crippen LogP contribution in [0.4, 0.5) is 13.2 Å². The first kappa shape index (κ1) is 22.8. The van der Waals surface area contributed by atoms with Crippen molar-refractivity contribution < 1.29 is 22.2 Å². The normalized spacial score (nSPS) is 12.6. The molecule has 1 aromatic heterocycles. The van der Waals surface area contributed by atoms with Crippen LogP contribution >= 0.6 is 0 Å². The molecular formula is C23H23F3N2O2S. The van der Waals surface area contributed by atoms with Gasteiger partial charge in [-0.15, -0.1) is 0 Å². The summed E-state index contributed by atoms with van der Waals surface area (Å²) in [5.74, 6) is -0.426. The second-order valence-corrected chi connectivity index (χ2v) is 8.84. The van der Waals surface area contributed by atoms with Crippen molar-refractivity contribution in [2.75, 3.05) is 6.54 Å². The number of aryl methyl sites for hydroxylation is 3. The van der Waals surface area contributed by atoms with E-state index >= 15 is 0 Å². The topological polar surface area (TPSA) is 62.0 Å². The van der Waals surface area contributed by atoms with Gasteiger partial charge in [0.15, 0.2) is 0 Å². The summed E-state index contributed by atoms with van der Waals surface area (Å²) in [6, 6.07) is 12.0. The van der Waals surface area contributed by atoms with E-state index in [9.17, 15) is 22.2 Å². The molecule has 0 aliphatic heterocycles. The van der Waals surface area contributed by atoms with E-state index in [4.69, 9.17) is 0 Å². The number of hydrogen-bond acceptors (Lipinski definition) is 2. The number of aromatic amines is 1. The van der Waals surface area contributed by atoms with Gasteiger partial charge in [-0.2, -0.15) is 13.2 Å². The minimum atomic E-state index is -4.54. The Labute approximate surface area is 181 Å². The Bertz CT molecular complexity index is 1140. The first-order valence-electron chi connectivity index (χ1n) is 9.69. The number of halogens is 3. The fourth-order valence-corrected chi connectivity index (χ4v) is 4.59. The lowest BCUT2D eigenvalue weighted by atomic mass is 10.0. The smallest absolute Gasteiger partial charge is 0.352 e. The molecule has 3 rings (SSSR count). The maximum Gasteiger partial charge on any atom is 0.416 e. The molecule has 1 amide bonds. The summed E-state index contributed by atoms with van der Waals surface area (Å²) in [6.07, 6.45) is -3.91. The molecule has 1 heterocycles. The Hall–Kier alpha value is -2.87. The van der Waals surface area contributed by atoms with Gasteiger partial charge in [0.05, 0.1) is 11.1 Å². The van der Waals surface area contributed by atoms with Gasteiger partial charge in [0.25, 0.3) is 5.91 Å². The van der Waals surface area contributed by atoms with Gasteiger partial charge in [-0.1, -0.05) is 29.8 Å². The van der Waals surface area contributed by atoms with Crippen molar-refractivity contribution in [2.24, 2.45) is 0 Å². The maximum atomic E-state index is 13.0. The summed E-state index contributed by atoms with van der Waals surface area (Å²) in [4.78, 5) is 15.6. The third-order valence-electron chi connectivity index (χ3n) is 4.90. The van der Waals surface area contributed by atoms with Crippen LogP contribution in [-0.2, 0) is 23.4 Å². The van der Waals surface area contributed by atoms with Crippen LogP contribution in [0.3, 0.4) is 0 Å². The summed E-state index contributed by atoms with van der Waals surface area (Å²) < 4.78 is 52.0. The van der Waals surface area contributed by atoms with Crippen LogP contribution in [0.25, 0.3) is 0 Å². The monoisotopic (exact) mass is 448 g/mol. The first-order valence-corrected chi connectivity index (χ1v) is 10.8. The summed E-state index contributed by atoms with van der Waals surface area (Å²) in [6.45, 7) is 6.09. The van der Waals surface area contributed by atoms with Gasteiger partial charge in [-0.25, -0.2) is 4.21 Å². The van der Waals surface area contributed by atoms with Gasteiger partial charge in [-0.05, 0) is 62.6 Å². The first-order chi connectivity index (χ1) is 14.6. The van der Waals surface area contributed by atoms with Gasteiger partial charge in [0.2, 0.25) is 0 Å². The van der Waals surface area contributed by atoms with Crippen molar-refractivity contribution in [2.45, 2.75) is 43.3 Å². The van der Waals surface area contributed by atoms with E-state index in [-0.39, 0.29) is 15.5 Å². The van der Waals surface area contributed by atoms with E-state index in [0.29, 0.717) is 18.7 Å². The van der Waals surface area contributed by atoms with Crippen molar-refractivity contribution in [3.63, 3.8) is 0 Å². The van der Waals surface area contributed by atoms with Crippen molar-refractivity contribution in [3.05, 3.63) is 82.0 Å². The van der Waals surface area contributed by atoms with Crippen LogP contribution in [0.2, 0.25) is 0 Å². The molecule has 0 fully saturated rings. The molecule has 31 heavy (non-hydrogen) atoms. The second-order valence-electron chi connectivity index (χ2n) is 7.43. The molecule has 1 atom stereocenters. The van der Waals surface area contributed by atoms with Gasteiger partial charge < -0.3 is 10.3 Å². The highest BCUT2D eigenvalue weighted by molar-refractivity contribution is 7.85. The van der Waals surface area contributed by atoms with E-state index in [2.05, 4.69) is 16.4 Å². The number of rotatable bonds is 6. The van der Waals surface area contributed by atoms with Crippen LogP contribution in [0, 0.1) is 20.8 Å². The predicted octanol–water partition coefficient (Wildman–Crippen LogP) is 5.10. The Morgan fingerprint density at radius 3 is 2.48 bits per heavy atom. The van der Waals surface area contributed by atoms with E-state index < -0.39 is 28.4 Å². The molecule has 0 bridgehead atoms. The molecule has 0 saturated carbocycles. The molecule has 4 nitrogen and oxygen atoms in total. The molecule has 0 aliphatic rings. The standard InChI is InChI=1S/C23H23F3N2O2S/c1-14-7-8-17(15(2)11-14)9-10-27-21(29)20-12-16(3)28-22(20)31(30)19-6-4-5-18(13-19)23(24,25)26/h4-8,11-13,28H,9-10H2,1-3H3,(H,27,29). The number of aromatic nitrogens is 1. The fraction of sp³-hybridized carbons (Fsp3) is 0.261. The van der Waals surface area contributed by atoms with E-state index in [1.807, 2.05) is 26.0 Å². The lowest BCUT2D eigenvalue weighted by molar-refractivity contribution is -0.137. The average molecular weight is 449 g/mol. The highest BCUT2D eigenvalue weighted by Gasteiger charge is 2.31. The number of H-pyrrole nitrogens is 1. The lowest BCUT2D eigenvalue weighted by Crippen LogP contribution is -2.26. The summed E-state index contributed by atoms with van der Waals surface area (Å²) in [5, 5.41) is 2.90. The molecular weight excluding hydrogens is 425 g/mol. The predicted molar refractivity (Wildman–Crippen MR) is 114 cm³/mol. The van der Waals surface area contributed by atoms with Gasteiger partial charge in [0.1, 0.15) is 15.8 Å². The van der Waals surface area contributed by atoms with E-state index in [0.717, 1.165) is 28.8 Å². The second kappa shape index (κ2) is 9.09. The highest BCUT2D eigenvalue weighted by Crippen LogP contribution is 2.31. The van der Waals surface area contributed by atoms with Crippen molar-refractivity contribution >= 4 is 16.7 Å². The lowest BCUT2D eigenvalue weighted by Gasteiger charge is -2.10. The molecule has 3 aromatic rings. The Kier molecular flexibility index (Phi) is 6.69. The minimum absolute atomic E-state index is 0.0268. The van der Waals surface area contributed by atoms with Crippen LogP contribution < -0.4 is 5.32 Å². The van der Waals surface area contributed by atoms with Crippen LogP contribution in [0.1, 0.15) is 38.3 Å². The van der Waals surface area contributed by atoms with E-state index in [1.165, 1.54) is 12.1 Å². The number of carbonyl (C=O) groups excluding carboxylic acids is 1. The van der Waals surface area contributed by atoms with Crippen molar-refractivity contribution in [3.8, 4) is 0 Å². The molecule has 0 aliphatic carbocycles. The average Bonchev–Trinajstić information content (AvgIpc) is 3.10. The minimum Gasteiger partial charge on any atom is -0.352 e. The molecule has 0 spiro atoms. The molecule has 2 N–H and O–H groups in total. The van der Waals surface area contributed by atoms with Gasteiger partial charge >= 0.3 is 6.18 Å². The third-order valence-corrected chi connectivity index (χ3v) is 6.27. The number of benzene rings is 2. The van der Waals surface area contributed by atoms with Crippen LogP contribution in [0.5, 0.6) is 0 Å². The molecule has 2 aromatic carbocycles. The summed E-state index contributed by atoms with van der Waals surface area (Å²) in [7, 11) is -1.97. The maximum absolute atomic E-state index is 13.0. The number of amides is 1. The molecule has 0 radical (unpaired) electrons. The highest BCUT2D eigenvalue weighted by atomic mass is 32.2. The van der Waals surface area contributed by atoms with E-state index in [1.54, 1.807) is 13.0 Å². The number of carbonyl (C=O) groups is 1. The fourth-order valence-electron chi connectivity index (χ4n) is 3.32. The Morgan fingerprint density at radius 1 is 1.06 bits per heavy atom. The van der Waals surface area contributed by atoms with Crippen LogP contribution in [-0.4, -0.2) is 21.6 Å². The van der Waals surface area contributed by atoms with Crippen LogP contribution in [0.15, 0.2) is 58.5 Å². The Balaban J connectivity index is 1.76. The number of alkyl halides is 3. The van der Waals surface area contributed by atoms with Crippen molar-refractivity contribution in [1.29, 1.82) is 0 Å². The molecule has 164 valence electrons. The van der Waals surface area contributed by atoms with Gasteiger partial charge in [0, 0.05) is 17.1 Å². The van der Waals surface area contributed by atoms with Gasteiger partial charge in [-0.3, -0.25) is 4.79 Å². The van der Waals surface area contributed by atoms with Crippen molar-refractivity contribution in [1.82, 2.24) is 10.3 Å².